The molecule has 1 aromatic rings. The molecule has 1 N–H and O–H groups in total. The molecule has 3 nitrogen and oxygen atoms in total. The Kier molecular flexibility index (Phi) is 1.83. The van der Waals surface area contributed by atoms with Crippen molar-refractivity contribution in [2.45, 2.75) is 25.2 Å². The fraction of sp³-hybridized carbons (Fsp3) is 0.444. The first-order valence-corrected chi connectivity index (χ1v) is 4.25. The summed E-state index contributed by atoms with van der Waals surface area (Å²) in [6, 6.07) is 0.927. The SMILES string of the molecule is O=C(O)c1cc2c(o1)CCCC2(F)F. The molecule has 1 aliphatic carbocycles. The number of hydrogen-bond donors (Lipinski definition) is 1. The number of carboxylic acid groups (broad SMARTS) is 1. The minimum absolute atomic E-state index is 0.110. The second kappa shape index (κ2) is 2.80. The molecule has 0 fully saturated rings. The molecule has 0 aliphatic heterocycles. The summed E-state index contributed by atoms with van der Waals surface area (Å²) in [4.78, 5) is 10.5. The predicted molar refractivity (Wildman–Crippen MR) is 42.5 cm³/mol. The van der Waals surface area contributed by atoms with Crippen LogP contribution in [0.5, 0.6) is 0 Å². The third-order valence-electron chi connectivity index (χ3n) is 2.31. The fourth-order valence-corrected chi connectivity index (χ4v) is 1.64. The molecule has 0 atom stereocenters. The van der Waals surface area contributed by atoms with Gasteiger partial charge in [0.1, 0.15) is 5.76 Å². The monoisotopic (exact) mass is 202 g/mol. The van der Waals surface area contributed by atoms with Crippen LogP contribution in [0.1, 0.15) is 34.7 Å². The van der Waals surface area contributed by atoms with Crippen molar-refractivity contribution < 1.29 is 23.1 Å². The average molecular weight is 202 g/mol. The lowest BCUT2D eigenvalue weighted by molar-refractivity contribution is -0.0236. The van der Waals surface area contributed by atoms with Gasteiger partial charge in [0, 0.05) is 18.9 Å². The number of alkyl halides is 2. The molecule has 1 aliphatic rings. The molecule has 0 radical (unpaired) electrons. The summed E-state index contributed by atoms with van der Waals surface area (Å²) in [5.41, 5.74) is -0.263. The largest absolute Gasteiger partial charge is 0.475 e. The molecule has 0 amide bonds. The summed E-state index contributed by atoms with van der Waals surface area (Å²) in [7, 11) is 0. The van der Waals surface area contributed by atoms with E-state index >= 15 is 0 Å². The fourth-order valence-electron chi connectivity index (χ4n) is 1.64. The zero-order valence-corrected chi connectivity index (χ0v) is 7.22. The first-order chi connectivity index (χ1) is 6.50. The summed E-state index contributed by atoms with van der Waals surface area (Å²) in [5, 5.41) is 8.57. The van der Waals surface area contributed by atoms with Crippen molar-refractivity contribution in [2.24, 2.45) is 0 Å². The van der Waals surface area contributed by atoms with E-state index in [1.54, 1.807) is 0 Å². The van der Waals surface area contributed by atoms with Gasteiger partial charge in [-0.2, -0.15) is 0 Å². The van der Waals surface area contributed by atoms with Crippen molar-refractivity contribution in [2.75, 3.05) is 0 Å². The summed E-state index contributed by atoms with van der Waals surface area (Å²) in [6.45, 7) is 0. The highest BCUT2D eigenvalue weighted by atomic mass is 19.3. The number of carbonyl (C=O) groups is 1. The van der Waals surface area contributed by atoms with Gasteiger partial charge in [-0.25, -0.2) is 13.6 Å². The Morgan fingerprint density at radius 1 is 1.57 bits per heavy atom. The van der Waals surface area contributed by atoms with E-state index in [1.807, 2.05) is 0 Å². The lowest BCUT2D eigenvalue weighted by atomic mass is 9.95. The maximum absolute atomic E-state index is 13.2. The molecular formula is C9H8F2O3. The van der Waals surface area contributed by atoms with Gasteiger partial charge in [0.25, 0.3) is 5.92 Å². The number of hydrogen-bond acceptors (Lipinski definition) is 2. The highest BCUT2D eigenvalue weighted by Gasteiger charge is 2.40. The Balaban J connectivity index is 2.49. The molecule has 1 heterocycles. The Morgan fingerprint density at radius 2 is 2.29 bits per heavy atom. The van der Waals surface area contributed by atoms with Gasteiger partial charge in [0.15, 0.2) is 0 Å². The van der Waals surface area contributed by atoms with Crippen molar-refractivity contribution in [3.8, 4) is 0 Å². The molecule has 0 saturated heterocycles. The van der Waals surface area contributed by atoms with Crippen LogP contribution in [0, 0.1) is 0 Å². The number of furan rings is 1. The first-order valence-electron chi connectivity index (χ1n) is 4.25. The Labute approximate surface area is 78.3 Å². The van der Waals surface area contributed by atoms with Crippen LogP contribution in [0.4, 0.5) is 8.78 Å². The van der Waals surface area contributed by atoms with Crippen LogP contribution in [-0.2, 0) is 12.3 Å². The van der Waals surface area contributed by atoms with Crippen LogP contribution in [0.3, 0.4) is 0 Å². The van der Waals surface area contributed by atoms with Crippen LogP contribution in [0.15, 0.2) is 10.5 Å². The normalized spacial score (nSPS) is 19.0. The van der Waals surface area contributed by atoms with Crippen LogP contribution in [0.25, 0.3) is 0 Å². The molecule has 14 heavy (non-hydrogen) atoms. The van der Waals surface area contributed by atoms with E-state index in [0.717, 1.165) is 6.07 Å². The smallest absolute Gasteiger partial charge is 0.371 e. The Bertz CT molecular complexity index is 381. The molecule has 0 bridgehead atoms. The number of carboxylic acids is 1. The molecule has 0 aromatic carbocycles. The number of fused-ring (bicyclic) bond motifs is 1. The van der Waals surface area contributed by atoms with Crippen LogP contribution < -0.4 is 0 Å². The standard InChI is InChI=1S/C9H8F2O3/c10-9(11)3-1-2-6-5(9)4-7(14-6)8(12)13/h4H,1-3H2,(H,12,13). The van der Waals surface area contributed by atoms with Crippen molar-refractivity contribution in [3.63, 3.8) is 0 Å². The quantitative estimate of drug-likeness (QED) is 0.760. The summed E-state index contributed by atoms with van der Waals surface area (Å²) in [6.07, 6.45) is 0.476. The molecule has 76 valence electrons. The van der Waals surface area contributed by atoms with Crippen molar-refractivity contribution >= 4 is 5.97 Å². The molecule has 5 heteroatoms. The van der Waals surface area contributed by atoms with Gasteiger partial charge >= 0.3 is 5.97 Å². The van der Waals surface area contributed by atoms with E-state index in [0.29, 0.717) is 12.8 Å². The summed E-state index contributed by atoms with van der Waals surface area (Å²) < 4.78 is 31.3. The zero-order valence-electron chi connectivity index (χ0n) is 7.22. The third-order valence-corrected chi connectivity index (χ3v) is 2.31. The van der Waals surface area contributed by atoms with Gasteiger partial charge in [0.05, 0.1) is 5.56 Å². The summed E-state index contributed by atoms with van der Waals surface area (Å²) in [5.74, 6) is -4.55. The van der Waals surface area contributed by atoms with Crippen molar-refractivity contribution in [1.29, 1.82) is 0 Å². The van der Waals surface area contributed by atoms with Gasteiger partial charge in [-0.3, -0.25) is 0 Å². The Hall–Kier alpha value is -1.39. The van der Waals surface area contributed by atoms with Crippen LogP contribution >= 0.6 is 0 Å². The van der Waals surface area contributed by atoms with E-state index in [4.69, 9.17) is 9.52 Å². The predicted octanol–water partition coefficient (Wildman–Crippen LogP) is 2.41. The molecule has 0 saturated carbocycles. The maximum atomic E-state index is 13.2. The summed E-state index contributed by atoms with van der Waals surface area (Å²) >= 11 is 0. The van der Waals surface area contributed by atoms with E-state index in [2.05, 4.69) is 0 Å². The second-order valence-corrected chi connectivity index (χ2v) is 3.31. The third kappa shape index (κ3) is 1.29. The van der Waals surface area contributed by atoms with E-state index < -0.39 is 17.7 Å². The van der Waals surface area contributed by atoms with Gasteiger partial charge in [-0.1, -0.05) is 0 Å². The molecule has 0 spiro atoms. The van der Waals surface area contributed by atoms with E-state index in [1.165, 1.54) is 0 Å². The minimum atomic E-state index is -2.94. The van der Waals surface area contributed by atoms with Crippen LogP contribution in [-0.4, -0.2) is 11.1 Å². The maximum Gasteiger partial charge on any atom is 0.371 e. The minimum Gasteiger partial charge on any atom is -0.475 e. The number of rotatable bonds is 1. The topological polar surface area (TPSA) is 50.4 Å². The molecular weight excluding hydrogens is 194 g/mol. The van der Waals surface area contributed by atoms with Gasteiger partial charge in [-0.05, 0) is 6.42 Å². The number of aromatic carboxylic acids is 1. The van der Waals surface area contributed by atoms with Gasteiger partial charge < -0.3 is 9.52 Å². The second-order valence-electron chi connectivity index (χ2n) is 3.31. The van der Waals surface area contributed by atoms with Gasteiger partial charge in [-0.15, -0.1) is 0 Å². The molecule has 1 aromatic heterocycles. The van der Waals surface area contributed by atoms with E-state index in [-0.39, 0.29) is 17.7 Å². The number of halogens is 2. The first kappa shape index (κ1) is 9.18. The zero-order chi connectivity index (χ0) is 10.3. The average Bonchev–Trinajstić information content (AvgIpc) is 2.48. The highest BCUT2D eigenvalue weighted by Crippen LogP contribution is 2.41. The lowest BCUT2D eigenvalue weighted by Gasteiger charge is -2.20. The van der Waals surface area contributed by atoms with Crippen molar-refractivity contribution in [3.05, 3.63) is 23.2 Å². The van der Waals surface area contributed by atoms with Gasteiger partial charge in [0.2, 0.25) is 5.76 Å². The van der Waals surface area contributed by atoms with Crippen molar-refractivity contribution in [1.82, 2.24) is 0 Å². The lowest BCUT2D eigenvalue weighted by Crippen LogP contribution is -2.18. The molecule has 2 rings (SSSR count). The molecule has 0 unspecified atom stereocenters. The van der Waals surface area contributed by atoms with E-state index in [9.17, 15) is 13.6 Å². The number of aryl methyl sites for hydroxylation is 1. The van der Waals surface area contributed by atoms with Crippen LogP contribution in [0.2, 0.25) is 0 Å². The Morgan fingerprint density at radius 3 is 2.86 bits per heavy atom. The highest BCUT2D eigenvalue weighted by molar-refractivity contribution is 5.84.